The zero-order valence-corrected chi connectivity index (χ0v) is 13.0. The molecule has 0 unspecified atom stereocenters. The van der Waals surface area contributed by atoms with Gasteiger partial charge in [0.15, 0.2) is 11.6 Å². The van der Waals surface area contributed by atoms with Gasteiger partial charge in [-0.1, -0.05) is 0 Å². The molecule has 0 saturated carbocycles. The van der Waals surface area contributed by atoms with Crippen LogP contribution in [0.5, 0.6) is 0 Å². The number of rotatable bonds is 5. The van der Waals surface area contributed by atoms with E-state index in [0.29, 0.717) is 39.8 Å². The molecular weight excluding hydrogens is 305 g/mol. The number of halogens is 1. The molecule has 0 spiro atoms. The summed E-state index contributed by atoms with van der Waals surface area (Å²) in [4.78, 5) is 20.0. The average molecular weight is 327 g/mol. The average Bonchev–Trinajstić information content (AvgIpc) is 2.58. The number of hydrogen-bond acceptors (Lipinski definition) is 7. The summed E-state index contributed by atoms with van der Waals surface area (Å²) in [5.41, 5.74) is -0.456. The first-order valence-electron chi connectivity index (χ1n) is 7.83. The summed E-state index contributed by atoms with van der Waals surface area (Å²) in [7, 11) is 0. The van der Waals surface area contributed by atoms with Gasteiger partial charge in [-0.3, -0.25) is 14.4 Å². The zero-order valence-electron chi connectivity index (χ0n) is 13.0. The van der Waals surface area contributed by atoms with E-state index in [-0.39, 0.29) is 5.82 Å². The molecule has 2 fully saturated rings. The van der Waals surface area contributed by atoms with Crippen molar-refractivity contribution in [1.29, 1.82) is 0 Å². The molecule has 0 radical (unpaired) electrons. The minimum atomic E-state index is -0.522. The van der Waals surface area contributed by atoms with Crippen molar-refractivity contribution in [2.24, 2.45) is 0 Å². The fourth-order valence-corrected chi connectivity index (χ4v) is 2.60. The number of morpholine rings is 2. The van der Waals surface area contributed by atoms with E-state index in [1.807, 2.05) is 4.90 Å². The van der Waals surface area contributed by atoms with Crippen molar-refractivity contribution < 1.29 is 13.9 Å². The van der Waals surface area contributed by atoms with Gasteiger partial charge >= 0.3 is 5.69 Å². The van der Waals surface area contributed by atoms with Crippen LogP contribution >= 0.6 is 0 Å². The second-order valence-electron chi connectivity index (χ2n) is 5.63. The Kier molecular flexibility index (Phi) is 5.55. The number of anilines is 1. The SMILES string of the molecule is O=c1nc(NCN2CCOCC2)c(F)cn1CN1CCOCC1. The van der Waals surface area contributed by atoms with Crippen LogP contribution in [0.2, 0.25) is 0 Å². The van der Waals surface area contributed by atoms with Crippen LogP contribution in [0.4, 0.5) is 10.2 Å². The van der Waals surface area contributed by atoms with Crippen molar-refractivity contribution in [1.82, 2.24) is 19.4 Å². The molecule has 23 heavy (non-hydrogen) atoms. The molecule has 0 aliphatic carbocycles. The van der Waals surface area contributed by atoms with Crippen LogP contribution in [-0.2, 0) is 16.1 Å². The monoisotopic (exact) mass is 327 g/mol. The molecule has 0 amide bonds. The third-order valence-electron chi connectivity index (χ3n) is 3.98. The molecule has 2 saturated heterocycles. The summed E-state index contributed by atoms with van der Waals surface area (Å²) in [6.45, 7) is 6.38. The quantitative estimate of drug-likeness (QED) is 0.772. The van der Waals surface area contributed by atoms with E-state index in [0.717, 1.165) is 26.2 Å². The number of nitrogens with one attached hydrogen (secondary N) is 1. The van der Waals surface area contributed by atoms with E-state index >= 15 is 0 Å². The lowest BCUT2D eigenvalue weighted by atomic mass is 10.4. The van der Waals surface area contributed by atoms with Gasteiger partial charge in [-0.05, 0) is 0 Å². The molecule has 0 aromatic carbocycles. The normalized spacial score (nSPS) is 20.6. The Morgan fingerprint density at radius 2 is 1.70 bits per heavy atom. The predicted octanol–water partition coefficient (Wildman–Crippen LogP) is -0.626. The van der Waals surface area contributed by atoms with Crippen LogP contribution < -0.4 is 11.0 Å². The molecule has 1 aromatic rings. The first-order valence-corrected chi connectivity index (χ1v) is 7.83. The fraction of sp³-hybridized carbons (Fsp3) is 0.714. The first kappa shape index (κ1) is 16.3. The van der Waals surface area contributed by atoms with E-state index in [9.17, 15) is 9.18 Å². The van der Waals surface area contributed by atoms with E-state index in [2.05, 4.69) is 15.2 Å². The lowest BCUT2D eigenvalue weighted by Gasteiger charge is -2.27. The molecule has 9 heteroatoms. The minimum absolute atomic E-state index is 0.000260. The summed E-state index contributed by atoms with van der Waals surface area (Å²) in [6, 6.07) is 0. The van der Waals surface area contributed by atoms with Crippen molar-refractivity contribution >= 4 is 5.82 Å². The molecule has 2 aliphatic rings. The number of ether oxygens (including phenoxy) is 2. The number of hydrogen-bond donors (Lipinski definition) is 1. The van der Waals surface area contributed by atoms with Gasteiger partial charge in [-0.25, -0.2) is 9.18 Å². The third kappa shape index (κ3) is 4.47. The maximum Gasteiger partial charge on any atom is 0.350 e. The Hall–Kier alpha value is -1.55. The highest BCUT2D eigenvalue weighted by Gasteiger charge is 2.15. The highest BCUT2D eigenvalue weighted by atomic mass is 19.1. The Morgan fingerprint density at radius 3 is 2.35 bits per heavy atom. The molecule has 2 aliphatic heterocycles. The van der Waals surface area contributed by atoms with E-state index in [1.54, 1.807) is 0 Å². The second kappa shape index (κ2) is 7.82. The van der Waals surface area contributed by atoms with Crippen LogP contribution in [0, 0.1) is 5.82 Å². The maximum absolute atomic E-state index is 14.2. The van der Waals surface area contributed by atoms with Crippen molar-refractivity contribution in [3.8, 4) is 0 Å². The largest absolute Gasteiger partial charge is 0.379 e. The third-order valence-corrected chi connectivity index (χ3v) is 3.98. The van der Waals surface area contributed by atoms with Crippen LogP contribution in [0.3, 0.4) is 0 Å². The highest BCUT2D eigenvalue weighted by Crippen LogP contribution is 2.08. The van der Waals surface area contributed by atoms with Crippen molar-refractivity contribution in [3.05, 3.63) is 22.5 Å². The molecule has 3 rings (SSSR count). The van der Waals surface area contributed by atoms with Gasteiger partial charge in [-0.2, -0.15) is 4.98 Å². The Balaban J connectivity index is 1.61. The topological polar surface area (TPSA) is 71.9 Å². The summed E-state index contributed by atoms with van der Waals surface area (Å²) < 4.78 is 26.0. The van der Waals surface area contributed by atoms with Gasteiger partial charge < -0.3 is 14.8 Å². The molecule has 0 atom stereocenters. The second-order valence-corrected chi connectivity index (χ2v) is 5.63. The van der Waals surface area contributed by atoms with E-state index < -0.39 is 11.5 Å². The first-order chi connectivity index (χ1) is 11.2. The van der Waals surface area contributed by atoms with Crippen LogP contribution in [0.15, 0.2) is 11.0 Å². The van der Waals surface area contributed by atoms with Gasteiger partial charge in [0.1, 0.15) is 0 Å². The summed E-state index contributed by atoms with van der Waals surface area (Å²) in [6.07, 6.45) is 1.21. The molecule has 3 heterocycles. The van der Waals surface area contributed by atoms with Gasteiger partial charge in [0.25, 0.3) is 0 Å². The maximum atomic E-state index is 14.2. The lowest BCUT2D eigenvalue weighted by Crippen LogP contribution is -2.41. The molecule has 1 aromatic heterocycles. The standard InChI is InChI=1S/C14H22FN5O3/c15-12-9-20(11-19-3-7-23-8-4-19)14(21)17-13(12)16-10-18-1-5-22-6-2-18/h9H,1-8,10-11H2,(H,16,17,21). The Bertz CT molecular complexity index is 570. The predicted molar refractivity (Wildman–Crippen MR) is 81.7 cm³/mol. The highest BCUT2D eigenvalue weighted by molar-refractivity contribution is 5.33. The number of aromatic nitrogens is 2. The van der Waals surface area contributed by atoms with Gasteiger partial charge in [0.2, 0.25) is 0 Å². The summed E-state index contributed by atoms with van der Waals surface area (Å²) >= 11 is 0. The Morgan fingerprint density at radius 1 is 1.09 bits per heavy atom. The number of nitrogens with zero attached hydrogens (tertiary/aromatic N) is 4. The van der Waals surface area contributed by atoms with E-state index in [4.69, 9.17) is 9.47 Å². The molecule has 128 valence electrons. The molecule has 8 nitrogen and oxygen atoms in total. The van der Waals surface area contributed by atoms with Crippen molar-refractivity contribution in [2.45, 2.75) is 6.67 Å². The van der Waals surface area contributed by atoms with Crippen molar-refractivity contribution in [3.63, 3.8) is 0 Å². The van der Waals surface area contributed by atoms with Crippen LogP contribution in [0.25, 0.3) is 0 Å². The molecule has 0 bridgehead atoms. The fourth-order valence-electron chi connectivity index (χ4n) is 2.60. The molecular formula is C14H22FN5O3. The summed E-state index contributed by atoms with van der Waals surface area (Å²) in [5.74, 6) is -0.522. The molecule has 1 N–H and O–H groups in total. The summed E-state index contributed by atoms with van der Waals surface area (Å²) in [5, 5.41) is 2.89. The zero-order chi connectivity index (χ0) is 16.1. The Labute approximate surface area is 133 Å². The van der Waals surface area contributed by atoms with E-state index in [1.165, 1.54) is 10.8 Å². The van der Waals surface area contributed by atoms with Crippen molar-refractivity contribution in [2.75, 3.05) is 64.6 Å². The van der Waals surface area contributed by atoms with Crippen LogP contribution in [-0.4, -0.2) is 78.6 Å². The lowest BCUT2D eigenvalue weighted by molar-refractivity contribution is 0.0225. The smallest absolute Gasteiger partial charge is 0.350 e. The van der Waals surface area contributed by atoms with Gasteiger partial charge in [0, 0.05) is 32.4 Å². The minimum Gasteiger partial charge on any atom is -0.379 e. The van der Waals surface area contributed by atoms with Gasteiger partial charge in [-0.15, -0.1) is 0 Å². The van der Waals surface area contributed by atoms with Gasteiger partial charge in [0.05, 0.1) is 39.8 Å². The van der Waals surface area contributed by atoms with Crippen LogP contribution in [0.1, 0.15) is 0 Å².